The normalized spacial score (nSPS) is 22.9. The molecule has 132 valence electrons. The summed E-state index contributed by atoms with van der Waals surface area (Å²) < 4.78 is 0. The summed E-state index contributed by atoms with van der Waals surface area (Å²) in [4.78, 5) is 28.1. The van der Waals surface area contributed by atoms with Gasteiger partial charge in [-0.3, -0.25) is 14.8 Å². The molecule has 1 aromatic rings. The zero-order chi connectivity index (χ0) is 17.3. The van der Waals surface area contributed by atoms with Crippen LogP contribution in [0.15, 0.2) is 6.20 Å². The molecule has 1 aromatic heterocycles. The van der Waals surface area contributed by atoms with Crippen LogP contribution in [0, 0.1) is 11.8 Å². The van der Waals surface area contributed by atoms with E-state index in [4.69, 9.17) is 0 Å². The van der Waals surface area contributed by atoms with Gasteiger partial charge in [-0.05, 0) is 24.7 Å². The maximum Gasteiger partial charge on any atom is 0.354 e. The molecule has 7 nitrogen and oxygen atoms in total. The topological polar surface area (TPSA) is 89.5 Å². The van der Waals surface area contributed by atoms with Crippen LogP contribution in [0.3, 0.4) is 0 Å². The van der Waals surface area contributed by atoms with E-state index in [9.17, 15) is 14.7 Å². The first-order chi connectivity index (χ1) is 11.5. The number of hydrogen-bond acceptors (Lipinski definition) is 4. The summed E-state index contributed by atoms with van der Waals surface area (Å²) in [7, 11) is 0. The summed E-state index contributed by atoms with van der Waals surface area (Å²) in [5.41, 5.74) is 0.814. The third-order valence-electron chi connectivity index (χ3n) is 5.05. The second-order valence-electron chi connectivity index (χ2n) is 7.36. The quantitative estimate of drug-likeness (QED) is 0.824. The van der Waals surface area contributed by atoms with Crippen LogP contribution in [-0.4, -0.2) is 62.7 Å². The van der Waals surface area contributed by atoms with Crippen molar-refractivity contribution in [2.75, 3.05) is 19.6 Å². The molecule has 24 heavy (non-hydrogen) atoms. The maximum absolute atomic E-state index is 12.6. The Morgan fingerprint density at radius 2 is 2.21 bits per heavy atom. The molecule has 3 rings (SSSR count). The van der Waals surface area contributed by atoms with Gasteiger partial charge >= 0.3 is 5.97 Å². The number of carbonyl (C=O) groups excluding carboxylic acids is 1. The lowest BCUT2D eigenvalue weighted by Gasteiger charge is -2.35. The van der Waals surface area contributed by atoms with Crippen molar-refractivity contribution in [1.82, 2.24) is 20.0 Å². The number of carboxylic acids is 1. The highest BCUT2D eigenvalue weighted by molar-refractivity contribution is 5.86. The molecule has 0 radical (unpaired) electrons. The third-order valence-corrected chi connectivity index (χ3v) is 5.05. The minimum atomic E-state index is -0.996. The summed E-state index contributed by atoms with van der Waals surface area (Å²) in [5, 5.41) is 15.6. The Balaban J connectivity index is 1.74. The first-order valence-corrected chi connectivity index (χ1v) is 8.73. The second kappa shape index (κ2) is 6.93. The molecule has 1 atom stereocenters. The summed E-state index contributed by atoms with van der Waals surface area (Å²) in [6, 6.07) is 0.181. The van der Waals surface area contributed by atoms with Gasteiger partial charge in [-0.1, -0.05) is 13.8 Å². The molecule has 1 saturated heterocycles. The Morgan fingerprint density at radius 1 is 1.46 bits per heavy atom. The number of rotatable bonds is 6. The summed E-state index contributed by atoms with van der Waals surface area (Å²) in [6.07, 6.45) is 4.53. The van der Waals surface area contributed by atoms with Gasteiger partial charge in [0, 0.05) is 44.2 Å². The van der Waals surface area contributed by atoms with Crippen molar-refractivity contribution in [1.29, 1.82) is 0 Å². The van der Waals surface area contributed by atoms with E-state index >= 15 is 0 Å². The van der Waals surface area contributed by atoms with Crippen molar-refractivity contribution in [3.8, 4) is 0 Å². The number of aromatic amines is 1. The predicted molar refractivity (Wildman–Crippen MR) is 88.5 cm³/mol. The van der Waals surface area contributed by atoms with E-state index in [0.717, 1.165) is 13.1 Å². The molecule has 2 N–H and O–H groups in total. The first kappa shape index (κ1) is 17.0. The van der Waals surface area contributed by atoms with Crippen LogP contribution in [-0.2, 0) is 11.3 Å². The Kier molecular flexibility index (Phi) is 4.89. The van der Waals surface area contributed by atoms with Gasteiger partial charge in [-0.25, -0.2) is 4.79 Å². The van der Waals surface area contributed by atoms with E-state index in [1.165, 1.54) is 12.8 Å². The SMILES string of the molecule is CC(C)C1CN(Cc2cn[nH]c2C(=O)O)CCC(=O)N1CC1CC1. The smallest absolute Gasteiger partial charge is 0.354 e. The van der Waals surface area contributed by atoms with Gasteiger partial charge in [-0.15, -0.1) is 0 Å². The molecule has 0 bridgehead atoms. The van der Waals surface area contributed by atoms with E-state index in [-0.39, 0.29) is 17.6 Å². The predicted octanol–water partition coefficient (Wildman–Crippen LogP) is 1.58. The number of aromatic carboxylic acids is 1. The third kappa shape index (κ3) is 3.77. The van der Waals surface area contributed by atoms with E-state index < -0.39 is 5.97 Å². The van der Waals surface area contributed by atoms with Crippen molar-refractivity contribution in [3.05, 3.63) is 17.5 Å². The lowest BCUT2D eigenvalue weighted by Crippen LogP contribution is -2.47. The number of amides is 1. The van der Waals surface area contributed by atoms with Gasteiger partial charge in [0.25, 0.3) is 0 Å². The summed E-state index contributed by atoms with van der Waals surface area (Å²) in [6.45, 7) is 7.13. The molecule has 1 saturated carbocycles. The number of carbonyl (C=O) groups is 2. The van der Waals surface area contributed by atoms with E-state index in [2.05, 4.69) is 33.8 Å². The number of nitrogens with one attached hydrogen (secondary N) is 1. The van der Waals surface area contributed by atoms with Crippen LogP contribution < -0.4 is 0 Å². The molecular formula is C17H26N4O3. The summed E-state index contributed by atoms with van der Waals surface area (Å²) in [5.74, 6) is 0.281. The number of nitrogens with zero attached hydrogens (tertiary/aromatic N) is 3. The standard InChI is InChI=1S/C17H26N4O3/c1-11(2)14-10-20(9-13-7-18-19-16(13)17(23)24)6-5-15(22)21(14)8-12-3-4-12/h7,11-12,14H,3-6,8-10H2,1-2H3,(H,18,19)(H,23,24). The van der Waals surface area contributed by atoms with Crippen molar-refractivity contribution >= 4 is 11.9 Å². The van der Waals surface area contributed by atoms with Crippen molar-refractivity contribution in [3.63, 3.8) is 0 Å². The Morgan fingerprint density at radius 3 is 2.83 bits per heavy atom. The average Bonchev–Trinajstić information content (AvgIpc) is 3.25. The lowest BCUT2D eigenvalue weighted by atomic mass is 10.0. The number of aromatic nitrogens is 2. The van der Waals surface area contributed by atoms with E-state index in [0.29, 0.717) is 36.9 Å². The highest BCUT2D eigenvalue weighted by atomic mass is 16.4. The molecule has 1 amide bonds. The minimum Gasteiger partial charge on any atom is -0.477 e. The lowest BCUT2D eigenvalue weighted by molar-refractivity contribution is -0.133. The fourth-order valence-electron chi connectivity index (χ4n) is 3.42. The molecule has 1 aliphatic carbocycles. The van der Waals surface area contributed by atoms with Crippen LogP contribution in [0.5, 0.6) is 0 Å². The second-order valence-corrected chi connectivity index (χ2v) is 7.36. The number of H-pyrrole nitrogens is 1. The fourth-order valence-corrected chi connectivity index (χ4v) is 3.42. The maximum atomic E-state index is 12.6. The van der Waals surface area contributed by atoms with Crippen molar-refractivity contribution in [2.45, 2.75) is 45.7 Å². The molecule has 1 unspecified atom stereocenters. The highest BCUT2D eigenvalue weighted by Gasteiger charge is 2.35. The van der Waals surface area contributed by atoms with E-state index in [1.807, 2.05) is 0 Å². The van der Waals surface area contributed by atoms with Crippen LogP contribution >= 0.6 is 0 Å². The van der Waals surface area contributed by atoms with Gasteiger partial charge in [0.15, 0.2) is 0 Å². The van der Waals surface area contributed by atoms with Crippen molar-refractivity contribution in [2.24, 2.45) is 11.8 Å². The van der Waals surface area contributed by atoms with Gasteiger partial charge in [-0.2, -0.15) is 5.10 Å². The van der Waals surface area contributed by atoms with E-state index in [1.54, 1.807) is 6.20 Å². The molecule has 0 aromatic carbocycles. The monoisotopic (exact) mass is 334 g/mol. The van der Waals surface area contributed by atoms with Gasteiger partial charge in [0.05, 0.1) is 6.20 Å². The molecule has 7 heteroatoms. The summed E-state index contributed by atoms with van der Waals surface area (Å²) >= 11 is 0. The van der Waals surface area contributed by atoms with Gasteiger partial charge in [0.1, 0.15) is 5.69 Å². The largest absolute Gasteiger partial charge is 0.477 e. The van der Waals surface area contributed by atoms with Crippen LogP contribution in [0.4, 0.5) is 0 Å². The van der Waals surface area contributed by atoms with Crippen LogP contribution in [0.25, 0.3) is 0 Å². The Hall–Kier alpha value is -1.89. The minimum absolute atomic E-state index is 0.140. The van der Waals surface area contributed by atoms with Gasteiger partial charge < -0.3 is 10.0 Å². The zero-order valence-corrected chi connectivity index (χ0v) is 14.4. The number of hydrogen-bond donors (Lipinski definition) is 2. The van der Waals surface area contributed by atoms with Gasteiger partial charge in [0.2, 0.25) is 5.91 Å². The Labute approximate surface area is 142 Å². The van der Waals surface area contributed by atoms with Crippen LogP contribution in [0.2, 0.25) is 0 Å². The average molecular weight is 334 g/mol. The highest BCUT2D eigenvalue weighted by Crippen LogP contribution is 2.32. The molecular weight excluding hydrogens is 308 g/mol. The molecule has 2 heterocycles. The fraction of sp³-hybridized carbons (Fsp3) is 0.706. The Bertz CT molecular complexity index is 609. The molecule has 2 fully saturated rings. The van der Waals surface area contributed by atoms with Crippen molar-refractivity contribution < 1.29 is 14.7 Å². The number of carboxylic acid groups (broad SMARTS) is 1. The molecule has 0 spiro atoms. The zero-order valence-electron chi connectivity index (χ0n) is 14.4. The first-order valence-electron chi connectivity index (χ1n) is 8.73. The van der Waals surface area contributed by atoms with Crippen LogP contribution in [0.1, 0.15) is 49.2 Å². The molecule has 1 aliphatic heterocycles. The molecule has 2 aliphatic rings.